The van der Waals surface area contributed by atoms with Gasteiger partial charge in [-0.1, -0.05) is 30.6 Å². The van der Waals surface area contributed by atoms with E-state index in [9.17, 15) is 0 Å². The van der Waals surface area contributed by atoms with Gasteiger partial charge < -0.3 is 10.5 Å². The van der Waals surface area contributed by atoms with Crippen LogP contribution in [0.5, 0.6) is 0 Å². The number of hydrogen-bond acceptors (Lipinski definition) is 6. The van der Waals surface area contributed by atoms with Crippen LogP contribution in [0, 0.1) is 0 Å². The Labute approximate surface area is 127 Å². The Morgan fingerprint density at radius 2 is 2.14 bits per heavy atom. The standard InChI is InChI=1S/C14H21N5OS/c15-14(5-2-1-3-6-14)8-11-18-19-12(10-4-7-20-9-10)16-17-13(19)21-11/h10H,1-9,15H2. The Hall–Kier alpha value is -1.05. The Balaban J connectivity index is 1.59. The Bertz CT molecular complexity index is 624. The lowest BCUT2D eigenvalue weighted by atomic mass is 9.80. The fraction of sp³-hybridized carbons (Fsp3) is 0.786. The summed E-state index contributed by atoms with van der Waals surface area (Å²) in [5.74, 6) is 1.27. The summed E-state index contributed by atoms with van der Waals surface area (Å²) in [4.78, 5) is 0.881. The molecule has 6 nitrogen and oxygen atoms in total. The van der Waals surface area contributed by atoms with Gasteiger partial charge in [-0.3, -0.25) is 0 Å². The van der Waals surface area contributed by atoms with Crippen LogP contribution in [0.25, 0.3) is 4.96 Å². The zero-order chi connectivity index (χ0) is 14.3. The lowest BCUT2D eigenvalue weighted by Gasteiger charge is -2.32. The van der Waals surface area contributed by atoms with Crippen LogP contribution in [0.3, 0.4) is 0 Å². The predicted octanol–water partition coefficient (Wildman–Crippen LogP) is 1.89. The van der Waals surface area contributed by atoms with Gasteiger partial charge in [0.15, 0.2) is 5.82 Å². The largest absolute Gasteiger partial charge is 0.381 e. The molecule has 1 aliphatic heterocycles. The molecular formula is C14H21N5OS. The summed E-state index contributed by atoms with van der Waals surface area (Å²) in [6, 6.07) is 0. The highest BCUT2D eigenvalue weighted by Crippen LogP contribution is 2.31. The molecule has 0 radical (unpaired) electrons. The lowest BCUT2D eigenvalue weighted by Crippen LogP contribution is -2.43. The average Bonchev–Trinajstić information content (AvgIpc) is 3.14. The highest BCUT2D eigenvalue weighted by Gasteiger charge is 2.30. The van der Waals surface area contributed by atoms with E-state index < -0.39 is 0 Å². The van der Waals surface area contributed by atoms with Gasteiger partial charge in [-0.25, -0.2) is 0 Å². The molecule has 1 unspecified atom stereocenters. The van der Waals surface area contributed by atoms with Gasteiger partial charge in [0.1, 0.15) is 5.01 Å². The van der Waals surface area contributed by atoms with Crippen LogP contribution in [0.2, 0.25) is 0 Å². The van der Waals surface area contributed by atoms with Crippen molar-refractivity contribution in [2.24, 2.45) is 5.73 Å². The van der Waals surface area contributed by atoms with Gasteiger partial charge in [0.2, 0.25) is 4.96 Å². The molecular weight excluding hydrogens is 286 g/mol. The van der Waals surface area contributed by atoms with Gasteiger partial charge in [0, 0.05) is 24.5 Å². The first-order valence-electron chi connectivity index (χ1n) is 7.81. The van der Waals surface area contributed by atoms with Crippen molar-refractivity contribution in [3.8, 4) is 0 Å². The Morgan fingerprint density at radius 1 is 1.29 bits per heavy atom. The van der Waals surface area contributed by atoms with Crippen LogP contribution in [-0.2, 0) is 11.2 Å². The topological polar surface area (TPSA) is 78.3 Å². The molecule has 1 saturated carbocycles. The van der Waals surface area contributed by atoms with Crippen molar-refractivity contribution < 1.29 is 4.74 Å². The van der Waals surface area contributed by atoms with E-state index in [0.29, 0.717) is 5.92 Å². The molecule has 2 aromatic rings. The van der Waals surface area contributed by atoms with E-state index in [-0.39, 0.29) is 5.54 Å². The van der Waals surface area contributed by atoms with E-state index in [1.165, 1.54) is 19.3 Å². The van der Waals surface area contributed by atoms with E-state index in [0.717, 1.165) is 54.7 Å². The third kappa shape index (κ3) is 2.58. The van der Waals surface area contributed by atoms with Crippen molar-refractivity contribution >= 4 is 16.3 Å². The quantitative estimate of drug-likeness (QED) is 0.937. The van der Waals surface area contributed by atoms with Gasteiger partial charge in [-0.05, 0) is 19.3 Å². The molecule has 0 aromatic carbocycles. The summed E-state index contributed by atoms with van der Waals surface area (Å²) < 4.78 is 7.36. The molecule has 2 aromatic heterocycles. The second-order valence-corrected chi connectivity index (χ2v) is 7.45. The van der Waals surface area contributed by atoms with E-state index in [1.54, 1.807) is 11.3 Å². The molecule has 4 rings (SSSR count). The van der Waals surface area contributed by atoms with E-state index in [1.807, 2.05) is 4.52 Å². The SMILES string of the molecule is NC1(Cc2nn3c(C4CCOC4)nnc3s2)CCCCC1. The molecule has 114 valence electrons. The normalized spacial score (nSPS) is 25.7. The lowest BCUT2D eigenvalue weighted by molar-refractivity contribution is 0.193. The third-order valence-corrected chi connectivity index (χ3v) is 5.60. The number of nitrogens with zero attached hydrogens (tertiary/aromatic N) is 4. The number of rotatable bonds is 3. The van der Waals surface area contributed by atoms with Crippen molar-refractivity contribution in [2.75, 3.05) is 13.2 Å². The smallest absolute Gasteiger partial charge is 0.234 e. The highest BCUT2D eigenvalue weighted by molar-refractivity contribution is 7.16. The monoisotopic (exact) mass is 307 g/mol. The minimum absolute atomic E-state index is 0.0713. The maximum Gasteiger partial charge on any atom is 0.234 e. The number of hydrogen-bond donors (Lipinski definition) is 1. The molecule has 2 aliphatic rings. The van der Waals surface area contributed by atoms with Crippen molar-refractivity contribution in [2.45, 2.75) is 56.4 Å². The summed E-state index contributed by atoms with van der Waals surface area (Å²) in [6.07, 6.45) is 7.88. The van der Waals surface area contributed by atoms with Crippen molar-refractivity contribution in [1.82, 2.24) is 19.8 Å². The summed E-state index contributed by atoms with van der Waals surface area (Å²) in [5, 5.41) is 14.4. The number of nitrogens with two attached hydrogens (primary N) is 1. The van der Waals surface area contributed by atoms with Crippen molar-refractivity contribution in [3.05, 3.63) is 10.8 Å². The summed E-state index contributed by atoms with van der Waals surface area (Å²) >= 11 is 1.63. The molecule has 21 heavy (non-hydrogen) atoms. The van der Waals surface area contributed by atoms with Crippen LogP contribution in [-0.4, -0.2) is 38.6 Å². The molecule has 1 saturated heterocycles. The second-order valence-electron chi connectivity index (χ2n) is 6.41. The first-order valence-corrected chi connectivity index (χ1v) is 8.63. The third-order valence-electron chi connectivity index (χ3n) is 4.70. The van der Waals surface area contributed by atoms with Crippen LogP contribution in [0.1, 0.15) is 55.3 Å². The molecule has 0 amide bonds. The van der Waals surface area contributed by atoms with E-state index >= 15 is 0 Å². The van der Waals surface area contributed by atoms with Gasteiger partial charge in [0.05, 0.1) is 6.61 Å². The maximum atomic E-state index is 6.54. The molecule has 0 bridgehead atoms. The second kappa shape index (κ2) is 5.30. The molecule has 1 atom stereocenters. The summed E-state index contributed by atoms with van der Waals surface area (Å²) in [5.41, 5.74) is 6.47. The van der Waals surface area contributed by atoms with Gasteiger partial charge in [-0.2, -0.15) is 9.61 Å². The van der Waals surface area contributed by atoms with Crippen LogP contribution in [0.15, 0.2) is 0 Å². The first-order chi connectivity index (χ1) is 10.2. The van der Waals surface area contributed by atoms with Gasteiger partial charge >= 0.3 is 0 Å². The fourth-order valence-electron chi connectivity index (χ4n) is 3.47. The Morgan fingerprint density at radius 3 is 2.90 bits per heavy atom. The zero-order valence-corrected chi connectivity index (χ0v) is 12.9. The molecule has 7 heteroatoms. The number of fused-ring (bicyclic) bond motifs is 1. The fourth-order valence-corrected chi connectivity index (χ4v) is 4.47. The molecule has 1 aliphatic carbocycles. The number of ether oxygens (including phenoxy) is 1. The Kier molecular flexibility index (Phi) is 3.43. The predicted molar refractivity (Wildman–Crippen MR) is 80.5 cm³/mol. The van der Waals surface area contributed by atoms with Crippen molar-refractivity contribution in [1.29, 1.82) is 0 Å². The maximum absolute atomic E-state index is 6.54. The molecule has 2 N–H and O–H groups in total. The minimum atomic E-state index is -0.0713. The summed E-state index contributed by atoms with van der Waals surface area (Å²) in [6.45, 7) is 1.54. The molecule has 0 spiro atoms. The van der Waals surface area contributed by atoms with Gasteiger partial charge in [0.25, 0.3) is 0 Å². The highest BCUT2D eigenvalue weighted by atomic mass is 32.1. The van der Waals surface area contributed by atoms with Crippen LogP contribution in [0.4, 0.5) is 0 Å². The zero-order valence-electron chi connectivity index (χ0n) is 12.1. The van der Waals surface area contributed by atoms with E-state index in [4.69, 9.17) is 15.6 Å². The van der Waals surface area contributed by atoms with Crippen LogP contribution >= 0.6 is 11.3 Å². The average molecular weight is 307 g/mol. The van der Waals surface area contributed by atoms with Crippen LogP contribution < -0.4 is 5.73 Å². The van der Waals surface area contributed by atoms with Crippen molar-refractivity contribution in [3.63, 3.8) is 0 Å². The summed E-state index contributed by atoms with van der Waals surface area (Å²) in [7, 11) is 0. The molecule has 3 heterocycles. The van der Waals surface area contributed by atoms with Gasteiger partial charge in [-0.15, -0.1) is 10.2 Å². The molecule has 2 fully saturated rings. The minimum Gasteiger partial charge on any atom is -0.381 e. The number of aromatic nitrogens is 4. The van der Waals surface area contributed by atoms with E-state index in [2.05, 4.69) is 10.2 Å². The first kappa shape index (κ1) is 13.6.